The molecule has 0 aromatic rings. The van der Waals surface area contributed by atoms with Crippen LogP contribution in [0.2, 0.25) is 0 Å². The van der Waals surface area contributed by atoms with Crippen LogP contribution in [0.1, 0.15) is 13.8 Å². The second-order valence-electron chi connectivity index (χ2n) is 1.09. The Morgan fingerprint density at radius 1 is 0.900 bits per heavy atom. The number of hydrogen-bond donors (Lipinski definition) is 0. The van der Waals surface area contributed by atoms with Crippen molar-refractivity contribution < 1.29 is 64.7 Å². The first-order valence-electron chi connectivity index (χ1n) is 1.82. The van der Waals surface area contributed by atoms with Crippen molar-refractivity contribution >= 4 is 11.9 Å². The van der Waals surface area contributed by atoms with E-state index in [0.29, 0.717) is 0 Å². The maximum absolute atomic E-state index is 9.81. The van der Waals surface area contributed by atoms with E-state index in [0.717, 1.165) is 0 Å². The van der Waals surface area contributed by atoms with Crippen molar-refractivity contribution in [2.75, 3.05) is 0 Å². The molecular weight excluding hydrogens is 273 g/mol. The Balaban J connectivity index is -0.0000000600. The normalized spacial score (nSPS) is 5.40. The molecular formula is C4H6Co3O3. The molecule has 0 aliphatic carbocycles. The third-order valence-electron chi connectivity index (χ3n) is 0.287. The van der Waals surface area contributed by atoms with Gasteiger partial charge in [-0.3, -0.25) is 9.59 Å². The molecule has 0 saturated heterocycles. The maximum atomic E-state index is 9.81. The maximum Gasteiger partial charge on any atom is 0.310 e. The molecule has 0 atom stereocenters. The van der Waals surface area contributed by atoms with Gasteiger partial charge in [0.2, 0.25) is 0 Å². The van der Waals surface area contributed by atoms with Gasteiger partial charge in [0.15, 0.2) is 0 Å². The Labute approximate surface area is 90.2 Å². The van der Waals surface area contributed by atoms with E-state index in [1.807, 2.05) is 0 Å². The van der Waals surface area contributed by atoms with E-state index in [-0.39, 0.29) is 50.3 Å². The molecule has 3 nitrogen and oxygen atoms in total. The number of rotatable bonds is 0. The second kappa shape index (κ2) is 12.3. The van der Waals surface area contributed by atoms with Gasteiger partial charge < -0.3 is 4.74 Å². The Bertz CT molecular complexity index is 91.9. The molecule has 0 N–H and O–H groups in total. The SMILES string of the molecule is CC(=O)OC(C)=O.[Co].[Co].[Co]. The van der Waals surface area contributed by atoms with Gasteiger partial charge in [-0.1, -0.05) is 0 Å². The van der Waals surface area contributed by atoms with E-state index in [4.69, 9.17) is 0 Å². The molecule has 10 heavy (non-hydrogen) atoms. The summed E-state index contributed by atoms with van der Waals surface area (Å²) in [4.78, 5) is 19.6. The van der Waals surface area contributed by atoms with E-state index in [2.05, 4.69) is 4.74 Å². The van der Waals surface area contributed by atoms with Crippen LogP contribution in [-0.2, 0) is 64.7 Å². The second-order valence-corrected chi connectivity index (χ2v) is 1.09. The summed E-state index contributed by atoms with van der Waals surface area (Å²) in [6.45, 7) is 2.36. The number of esters is 2. The van der Waals surface area contributed by atoms with Crippen molar-refractivity contribution in [3.05, 3.63) is 0 Å². The largest absolute Gasteiger partial charge is 0.394 e. The minimum Gasteiger partial charge on any atom is -0.394 e. The van der Waals surface area contributed by atoms with Gasteiger partial charge in [0, 0.05) is 64.2 Å². The summed E-state index contributed by atoms with van der Waals surface area (Å²) in [6.07, 6.45) is 0. The standard InChI is InChI=1S/C4H6O3.3Co/c1-3(5)7-4(2)6;;;/h1-2H3;;;. The molecule has 0 unspecified atom stereocenters. The number of hydrogen-bond acceptors (Lipinski definition) is 3. The molecule has 6 heteroatoms. The summed E-state index contributed by atoms with van der Waals surface area (Å²) in [5.74, 6) is -1.12. The average molecular weight is 279 g/mol. The first-order chi connectivity index (χ1) is 3.13. The molecule has 0 heterocycles. The van der Waals surface area contributed by atoms with E-state index < -0.39 is 11.9 Å². The molecule has 67 valence electrons. The first-order valence-corrected chi connectivity index (χ1v) is 1.82. The molecule has 0 bridgehead atoms. The van der Waals surface area contributed by atoms with Gasteiger partial charge in [0.05, 0.1) is 0 Å². The van der Waals surface area contributed by atoms with Crippen LogP contribution in [0.15, 0.2) is 0 Å². The van der Waals surface area contributed by atoms with Crippen molar-refractivity contribution in [3.8, 4) is 0 Å². The average Bonchev–Trinajstić information content (AvgIpc) is 1.27. The predicted octanol–water partition coefficient (Wildman–Crippen LogP) is 0.0885. The topological polar surface area (TPSA) is 43.4 Å². The molecule has 0 aromatic heterocycles. The van der Waals surface area contributed by atoms with Crippen molar-refractivity contribution in [1.29, 1.82) is 0 Å². The van der Waals surface area contributed by atoms with E-state index in [9.17, 15) is 9.59 Å². The summed E-state index contributed by atoms with van der Waals surface area (Å²) in [5, 5.41) is 0. The van der Waals surface area contributed by atoms with Crippen LogP contribution < -0.4 is 0 Å². The van der Waals surface area contributed by atoms with Gasteiger partial charge in [-0.25, -0.2) is 0 Å². The Kier molecular flexibility index (Phi) is 27.7. The molecule has 0 amide bonds. The van der Waals surface area contributed by atoms with Crippen molar-refractivity contribution in [3.63, 3.8) is 0 Å². The molecule has 0 aromatic carbocycles. The van der Waals surface area contributed by atoms with E-state index >= 15 is 0 Å². The molecule has 0 saturated carbocycles. The number of carbonyl (C=O) groups excluding carboxylic acids is 2. The van der Waals surface area contributed by atoms with Crippen LogP contribution in [0.25, 0.3) is 0 Å². The number of ether oxygens (including phenoxy) is 1. The zero-order valence-corrected chi connectivity index (χ0v) is 8.35. The zero-order valence-electron chi connectivity index (χ0n) is 5.22. The third-order valence-corrected chi connectivity index (χ3v) is 0.287. The minimum atomic E-state index is -0.562. The molecule has 0 aliphatic heterocycles. The fraction of sp³-hybridized carbons (Fsp3) is 0.500. The van der Waals surface area contributed by atoms with Gasteiger partial charge in [-0.2, -0.15) is 0 Å². The van der Waals surface area contributed by atoms with Gasteiger partial charge in [-0.05, 0) is 0 Å². The predicted molar refractivity (Wildman–Crippen MR) is 22.4 cm³/mol. The molecule has 0 spiro atoms. The zero-order chi connectivity index (χ0) is 5.86. The fourth-order valence-corrected chi connectivity index (χ4v) is 0.202. The van der Waals surface area contributed by atoms with Gasteiger partial charge in [-0.15, -0.1) is 0 Å². The fourth-order valence-electron chi connectivity index (χ4n) is 0.202. The quantitative estimate of drug-likeness (QED) is 0.466. The van der Waals surface area contributed by atoms with Crippen molar-refractivity contribution in [1.82, 2.24) is 0 Å². The van der Waals surface area contributed by atoms with Crippen LogP contribution >= 0.6 is 0 Å². The van der Waals surface area contributed by atoms with Crippen LogP contribution in [0, 0.1) is 0 Å². The monoisotopic (exact) mass is 279 g/mol. The summed E-state index contributed by atoms with van der Waals surface area (Å²) in [6, 6.07) is 0. The summed E-state index contributed by atoms with van der Waals surface area (Å²) in [7, 11) is 0. The van der Waals surface area contributed by atoms with Crippen molar-refractivity contribution in [2.45, 2.75) is 13.8 Å². The molecule has 0 fully saturated rings. The van der Waals surface area contributed by atoms with Gasteiger partial charge in [0.1, 0.15) is 0 Å². The summed E-state index contributed by atoms with van der Waals surface area (Å²) < 4.78 is 3.97. The van der Waals surface area contributed by atoms with Crippen LogP contribution in [0.5, 0.6) is 0 Å². The summed E-state index contributed by atoms with van der Waals surface area (Å²) >= 11 is 0. The number of carbonyl (C=O) groups is 2. The molecule has 3 radical (unpaired) electrons. The first kappa shape index (κ1) is 22.4. The molecule has 0 aliphatic rings. The Hall–Kier alpha value is 0.659. The minimum absolute atomic E-state index is 0. The van der Waals surface area contributed by atoms with Gasteiger partial charge >= 0.3 is 11.9 Å². The van der Waals surface area contributed by atoms with Crippen LogP contribution in [0.4, 0.5) is 0 Å². The third kappa shape index (κ3) is 23.4. The Morgan fingerprint density at radius 2 is 1.10 bits per heavy atom. The van der Waals surface area contributed by atoms with Gasteiger partial charge in [0.25, 0.3) is 0 Å². The van der Waals surface area contributed by atoms with Crippen molar-refractivity contribution in [2.24, 2.45) is 0 Å². The van der Waals surface area contributed by atoms with E-state index in [1.165, 1.54) is 13.8 Å². The van der Waals surface area contributed by atoms with Crippen LogP contribution in [-0.4, -0.2) is 11.9 Å². The Morgan fingerprint density at radius 3 is 1.10 bits per heavy atom. The molecule has 0 rings (SSSR count). The van der Waals surface area contributed by atoms with Crippen LogP contribution in [0.3, 0.4) is 0 Å². The summed E-state index contributed by atoms with van der Waals surface area (Å²) in [5.41, 5.74) is 0. The smallest absolute Gasteiger partial charge is 0.310 e. The van der Waals surface area contributed by atoms with E-state index in [1.54, 1.807) is 0 Å².